The van der Waals surface area contributed by atoms with Crippen molar-refractivity contribution in [2.24, 2.45) is 11.7 Å². The van der Waals surface area contributed by atoms with Gasteiger partial charge in [-0.3, -0.25) is 0 Å². The molecule has 0 spiro atoms. The predicted molar refractivity (Wildman–Crippen MR) is 74.8 cm³/mol. The van der Waals surface area contributed by atoms with Crippen molar-refractivity contribution in [1.82, 2.24) is 9.55 Å². The number of hydrogen-bond acceptors (Lipinski definition) is 2. The van der Waals surface area contributed by atoms with Gasteiger partial charge in [0, 0.05) is 6.04 Å². The maximum Gasteiger partial charge on any atom is 0.127 e. The van der Waals surface area contributed by atoms with Gasteiger partial charge in [0.1, 0.15) is 5.82 Å². The molecule has 1 aromatic heterocycles. The summed E-state index contributed by atoms with van der Waals surface area (Å²) in [6.07, 6.45) is 2.41. The maximum absolute atomic E-state index is 6.33. The zero-order valence-electron chi connectivity index (χ0n) is 10.7. The van der Waals surface area contributed by atoms with Crippen molar-refractivity contribution < 1.29 is 0 Å². The van der Waals surface area contributed by atoms with Gasteiger partial charge in [-0.25, -0.2) is 4.98 Å². The summed E-state index contributed by atoms with van der Waals surface area (Å²) in [5.41, 5.74) is 8.30. The molecule has 96 valence electrons. The first-order chi connectivity index (χ1) is 8.59. The SMILES string of the molecule is CC(C)C(N)c1nc2cccc(Cl)c2n1C1CC1. The number of halogens is 1. The summed E-state index contributed by atoms with van der Waals surface area (Å²) in [7, 11) is 0. The van der Waals surface area contributed by atoms with Crippen LogP contribution in [0.3, 0.4) is 0 Å². The van der Waals surface area contributed by atoms with Gasteiger partial charge in [-0.1, -0.05) is 31.5 Å². The van der Waals surface area contributed by atoms with E-state index in [1.807, 2.05) is 18.2 Å². The van der Waals surface area contributed by atoms with Crippen molar-refractivity contribution in [3.05, 3.63) is 29.0 Å². The molecular weight excluding hydrogens is 246 g/mol. The number of fused-ring (bicyclic) bond motifs is 1. The number of aromatic nitrogens is 2. The molecule has 1 heterocycles. The highest BCUT2D eigenvalue weighted by molar-refractivity contribution is 6.35. The highest BCUT2D eigenvalue weighted by Crippen LogP contribution is 2.42. The Kier molecular flexibility index (Phi) is 2.83. The Morgan fingerprint density at radius 1 is 1.39 bits per heavy atom. The molecule has 0 radical (unpaired) electrons. The lowest BCUT2D eigenvalue weighted by atomic mass is 10.1. The summed E-state index contributed by atoms with van der Waals surface area (Å²) in [5, 5.41) is 0.772. The topological polar surface area (TPSA) is 43.8 Å². The highest BCUT2D eigenvalue weighted by Gasteiger charge is 2.31. The largest absolute Gasteiger partial charge is 0.322 e. The molecule has 1 aromatic carbocycles. The fraction of sp³-hybridized carbons (Fsp3) is 0.500. The van der Waals surface area contributed by atoms with E-state index in [2.05, 4.69) is 18.4 Å². The van der Waals surface area contributed by atoms with Crippen LogP contribution in [-0.2, 0) is 0 Å². The molecule has 2 N–H and O–H groups in total. The Morgan fingerprint density at radius 2 is 2.11 bits per heavy atom. The molecular formula is C14H18ClN3. The van der Waals surface area contributed by atoms with E-state index in [0.717, 1.165) is 21.9 Å². The van der Waals surface area contributed by atoms with Crippen LogP contribution in [0.1, 0.15) is 44.6 Å². The lowest BCUT2D eigenvalue weighted by Crippen LogP contribution is -2.21. The average Bonchev–Trinajstić information content (AvgIpc) is 3.09. The molecule has 1 saturated carbocycles. The van der Waals surface area contributed by atoms with Gasteiger partial charge < -0.3 is 10.3 Å². The zero-order chi connectivity index (χ0) is 12.9. The number of imidazole rings is 1. The van der Waals surface area contributed by atoms with Gasteiger partial charge in [0.05, 0.1) is 22.1 Å². The third kappa shape index (κ3) is 1.82. The first-order valence-corrected chi connectivity index (χ1v) is 6.89. The van der Waals surface area contributed by atoms with E-state index in [1.165, 1.54) is 12.8 Å². The van der Waals surface area contributed by atoms with Gasteiger partial charge >= 0.3 is 0 Å². The fourth-order valence-corrected chi connectivity index (χ4v) is 2.62. The Morgan fingerprint density at radius 3 is 2.72 bits per heavy atom. The molecule has 2 aromatic rings. The van der Waals surface area contributed by atoms with E-state index < -0.39 is 0 Å². The zero-order valence-corrected chi connectivity index (χ0v) is 11.5. The first kappa shape index (κ1) is 12.0. The van der Waals surface area contributed by atoms with Crippen LogP contribution in [0, 0.1) is 5.92 Å². The summed E-state index contributed by atoms with van der Waals surface area (Å²) in [6.45, 7) is 4.26. The van der Waals surface area contributed by atoms with Gasteiger partial charge in [-0.15, -0.1) is 0 Å². The van der Waals surface area contributed by atoms with Crippen molar-refractivity contribution in [3.8, 4) is 0 Å². The Balaban J connectivity index is 2.25. The van der Waals surface area contributed by atoms with Gasteiger partial charge in [0.2, 0.25) is 0 Å². The molecule has 1 unspecified atom stereocenters. The highest BCUT2D eigenvalue weighted by atomic mass is 35.5. The summed E-state index contributed by atoms with van der Waals surface area (Å²) in [6, 6.07) is 6.38. The Bertz CT molecular complexity index is 584. The lowest BCUT2D eigenvalue weighted by Gasteiger charge is -2.17. The van der Waals surface area contributed by atoms with Crippen molar-refractivity contribution >= 4 is 22.6 Å². The molecule has 3 rings (SSSR count). The normalized spacial score (nSPS) is 17.6. The standard InChI is InChI=1S/C14H18ClN3/c1-8(2)12(16)14-17-11-5-3-4-10(15)13(11)18(14)9-6-7-9/h3-5,8-9,12H,6-7,16H2,1-2H3. The predicted octanol–water partition coefficient (Wildman–Crippen LogP) is 3.68. The van der Waals surface area contributed by atoms with Crippen LogP contribution in [0.25, 0.3) is 11.0 Å². The van der Waals surface area contributed by atoms with Crippen LogP contribution in [-0.4, -0.2) is 9.55 Å². The average molecular weight is 264 g/mol. The second-order valence-electron chi connectivity index (χ2n) is 5.45. The molecule has 0 aliphatic heterocycles. The summed E-state index contributed by atoms with van der Waals surface area (Å²) in [5.74, 6) is 1.36. The Labute approximate surface area is 112 Å². The van der Waals surface area contributed by atoms with Crippen LogP contribution in [0.2, 0.25) is 5.02 Å². The number of nitrogens with zero attached hydrogens (tertiary/aromatic N) is 2. The molecule has 1 aliphatic carbocycles. The van der Waals surface area contributed by atoms with Crippen LogP contribution in [0.5, 0.6) is 0 Å². The maximum atomic E-state index is 6.33. The quantitative estimate of drug-likeness (QED) is 0.918. The molecule has 4 heteroatoms. The van der Waals surface area contributed by atoms with Crippen LogP contribution in [0.4, 0.5) is 0 Å². The molecule has 0 amide bonds. The number of hydrogen-bond donors (Lipinski definition) is 1. The van der Waals surface area contributed by atoms with Gasteiger partial charge in [-0.2, -0.15) is 0 Å². The Hall–Kier alpha value is -1.06. The summed E-state index contributed by atoms with van der Waals surface area (Å²) in [4.78, 5) is 4.71. The van der Waals surface area contributed by atoms with Crippen molar-refractivity contribution in [1.29, 1.82) is 0 Å². The van der Waals surface area contributed by atoms with Crippen molar-refractivity contribution in [2.75, 3.05) is 0 Å². The van der Waals surface area contributed by atoms with E-state index in [-0.39, 0.29) is 6.04 Å². The van der Waals surface area contributed by atoms with Crippen LogP contribution >= 0.6 is 11.6 Å². The third-order valence-electron chi connectivity index (χ3n) is 3.62. The molecule has 1 atom stereocenters. The number of benzene rings is 1. The molecule has 18 heavy (non-hydrogen) atoms. The summed E-state index contributed by atoms with van der Waals surface area (Å²) < 4.78 is 2.27. The van der Waals surface area contributed by atoms with E-state index >= 15 is 0 Å². The molecule has 3 nitrogen and oxygen atoms in total. The fourth-order valence-electron chi connectivity index (χ4n) is 2.36. The van der Waals surface area contributed by atoms with E-state index in [1.54, 1.807) is 0 Å². The molecule has 0 bridgehead atoms. The molecule has 0 saturated heterocycles. The van der Waals surface area contributed by atoms with Gasteiger partial charge in [-0.05, 0) is 30.9 Å². The molecule has 1 fully saturated rings. The second kappa shape index (κ2) is 4.25. The lowest BCUT2D eigenvalue weighted by molar-refractivity contribution is 0.470. The van der Waals surface area contributed by atoms with Crippen LogP contribution < -0.4 is 5.73 Å². The monoisotopic (exact) mass is 263 g/mol. The van der Waals surface area contributed by atoms with Crippen molar-refractivity contribution in [2.45, 2.75) is 38.8 Å². The van der Waals surface area contributed by atoms with E-state index in [4.69, 9.17) is 22.3 Å². The second-order valence-corrected chi connectivity index (χ2v) is 5.86. The third-order valence-corrected chi connectivity index (χ3v) is 3.92. The van der Waals surface area contributed by atoms with Gasteiger partial charge in [0.15, 0.2) is 0 Å². The van der Waals surface area contributed by atoms with Crippen molar-refractivity contribution in [3.63, 3.8) is 0 Å². The smallest absolute Gasteiger partial charge is 0.127 e. The van der Waals surface area contributed by atoms with Crippen LogP contribution in [0.15, 0.2) is 18.2 Å². The molecule has 1 aliphatic rings. The minimum atomic E-state index is -0.0333. The number of nitrogens with two attached hydrogens (primary N) is 1. The first-order valence-electron chi connectivity index (χ1n) is 6.51. The number of para-hydroxylation sites is 1. The minimum Gasteiger partial charge on any atom is -0.322 e. The van der Waals surface area contributed by atoms with Gasteiger partial charge in [0.25, 0.3) is 0 Å². The van der Waals surface area contributed by atoms with E-state index in [0.29, 0.717) is 12.0 Å². The minimum absolute atomic E-state index is 0.0333. The number of rotatable bonds is 3. The summed E-state index contributed by atoms with van der Waals surface area (Å²) >= 11 is 6.33. The van der Waals surface area contributed by atoms with E-state index in [9.17, 15) is 0 Å².